The summed E-state index contributed by atoms with van der Waals surface area (Å²) in [7, 11) is 0. The zero-order valence-electron chi connectivity index (χ0n) is 17.9. The molecular weight excluding hydrogens is 451 g/mol. The van der Waals surface area contributed by atoms with E-state index in [-0.39, 0.29) is 18.1 Å². The van der Waals surface area contributed by atoms with Crippen molar-refractivity contribution in [3.05, 3.63) is 64.8 Å². The van der Waals surface area contributed by atoms with Gasteiger partial charge in [-0.2, -0.15) is 0 Å². The van der Waals surface area contributed by atoms with Crippen LogP contribution in [0, 0.1) is 5.82 Å². The molecule has 1 aliphatic heterocycles. The number of hydrogen-bond donors (Lipinski definition) is 1. The Kier molecular flexibility index (Phi) is 7.83. The Bertz CT molecular complexity index is 1100. The number of hydrogen-bond acceptors (Lipinski definition) is 7. The molecule has 1 atom stereocenters. The maximum Gasteiger partial charge on any atom is 0.329 e. The lowest BCUT2D eigenvalue weighted by atomic mass is 10.1. The van der Waals surface area contributed by atoms with Gasteiger partial charge in [0.15, 0.2) is 6.61 Å². The van der Waals surface area contributed by atoms with Gasteiger partial charge in [0, 0.05) is 11.3 Å². The van der Waals surface area contributed by atoms with E-state index in [1.165, 1.54) is 37.3 Å². The lowest BCUT2D eigenvalue weighted by Gasteiger charge is -2.19. The molecule has 172 valence electrons. The van der Waals surface area contributed by atoms with Crippen LogP contribution >= 0.6 is 11.8 Å². The Morgan fingerprint density at radius 3 is 2.55 bits per heavy atom. The van der Waals surface area contributed by atoms with Gasteiger partial charge < -0.3 is 14.8 Å². The van der Waals surface area contributed by atoms with Gasteiger partial charge in [-0.3, -0.25) is 19.3 Å². The fraction of sp³-hybridized carbons (Fsp3) is 0.217. The minimum absolute atomic E-state index is 0.114. The maximum atomic E-state index is 13.0. The van der Waals surface area contributed by atoms with E-state index in [2.05, 4.69) is 5.32 Å². The molecule has 1 aliphatic rings. The summed E-state index contributed by atoms with van der Waals surface area (Å²) in [5.41, 5.74) is 0.893. The standard InChI is InChI=1S/C23H21FN2O6S/c1-3-31-22(29)14(2)26-21(28)19(33-23(26)30)12-15-6-4-5-7-18(15)32-13-20(27)25-17-10-8-16(24)9-11-17/h4-12,14H,3,13H2,1-2H3,(H,25,27)/b19-12+/t14-/m0/s1. The van der Waals surface area contributed by atoms with Crippen LogP contribution in [0.25, 0.3) is 6.08 Å². The molecule has 2 aromatic carbocycles. The summed E-state index contributed by atoms with van der Waals surface area (Å²) >= 11 is 0.702. The molecule has 1 N–H and O–H groups in total. The average molecular weight is 472 g/mol. The summed E-state index contributed by atoms with van der Waals surface area (Å²) in [6, 6.07) is 10.9. The van der Waals surface area contributed by atoms with Crippen molar-refractivity contribution in [2.24, 2.45) is 0 Å². The predicted octanol–water partition coefficient (Wildman–Crippen LogP) is 3.83. The van der Waals surface area contributed by atoms with E-state index in [0.29, 0.717) is 28.8 Å². The van der Waals surface area contributed by atoms with Gasteiger partial charge in [0.05, 0.1) is 11.5 Å². The van der Waals surface area contributed by atoms with Crippen molar-refractivity contribution in [2.75, 3.05) is 18.5 Å². The Morgan fingerprint density at radius 2 is 1.85 bits per heavy atom. The molecule has 8 nitrogen and oxygen atoms in total. The van der Waals surface area contributed by atoms with E-state index < -0.39 is 34.9 Å². The molecule has 0 unspecified atom stereocenters. The molecule has 0 saturated carbocycles. The monoisotopic (exact) mass is 472 g/mol. The Balaban J connectivity index is 1.70. The summed E-state index contributed by atoms with van der Waals surface area (Å²) in [5.74, 6) is -1.84. The number of nitrogens with one attached hydrogen (secondary N) is 1. The average Bonchev–Trinajstić information content (AvgIpc) is 3.07. The van der Waals surface area contributed by atoms with Crippen LogP contribution in [-0.2, 0) is 19.1 Å². The molecule has 3 amide bonds. The van der Waals surface area contributed by atoms with Crippen molar-refractivity contribution >= 4 is 46.5 Å². The highest BCUT2D eigenvalue weighted by Gasteiger charge is 2.41. The van der Waals surface area contributed by atoms with Crippen molar-refractivity contribution in [2.45, 2.75) is 19.9 Å². The third-order valence-corrected chi connectivity index (χ3v) is 5.41. The van der Waals surface area contributed by atoms with Crippen molar-refractivity contribution in [3.8, 4) is 5.75 Å². The smallest absolute Gasteiger partial charge is 0.329 e. The van der Waals surface area contributed by atoms with Gasteiger partial charge in [-0.1, -0.05) is 18.2 Å². The second-order valence-corrected chi connectivity index (χ2v) is 7.85. The summed E-state index contributed by atoms with van der Waals surface area (Å²) in [6.07, 6.45) is 1.47. The first-order valence-electron chi connectivity index (χ1n) is 10.0. The van der Waals surface area contributed by atoms with Crippen LogP contribution in [0.4, 0.5) is 14.9 Å². The SMILES string of the molecule is CCOC(=O)[C@H](C)N1C(=O)S/C(=C/c2ccccc2OCC(=O)Nc2ccc(F)cc2)C1=O. The van der Waals surface area contributed by atoms with Gasteiger partial charge in [-0.25, -0.2) is 9.18 Å². The Morgan fingerprint density at radius 1 is 1.15 bits per heavy atom. The molecule has 1 saturated heterocycles. The molecule has 0 bridgehead atoms. The first-order valence-corrected chi connectivity index (χ1v) is 10.8. The fourth-order valence-electron chi connectivity index (χ4n) is 2.93. The number of rotatable bonds is 8. The number of para-hydroxylation sites is 1. The lowest BCUT2D eigenvalue weighted by Crippen LogP contribution is -2.42. The number of halogens is 1. The third kappa shape index (κ3) is 5.98. The molecule has 2 aromatic rings. The number of thioether (sulfide) groups is 1. The number of esters is 1. The molecule has 3 rings (SSSR count). The zero-order chi connectivity index (χ0) is 24.0. The van der Waals surface area contributed by atoms with Crippen LogP contribution in [0.5, 0.6) is 5.75 Å². The van der Waals surface area contributed by atoms with Gasteiger partial charge in [0.1, 0.15) is 17.6 Å². The minimum atomic E-state index is -1.05. The van der Waals surface area contributed by atoms with E-state index in [9.17, 15) is 23.6 Å². The van der Waals surface area contributed by atoms with Crippen LogP contribution in [0.1, 0.15) is 19.4 Å². The Hall–Kier alpha value is -3.66. The van der Waals surface area contributed by atoms with Crippen LogP contribution in [0.2, 0.25) is 0 Å². The zero-order valence-corrected chi connectivity index (χ0v) is 18.7. The molecule has 0 aliphatic carbocycles. The molecule has 10 heteroatoms. The maximum absolute atomic E-state index is 13.0. The van der Waals surface area contributed by atoms with Gasteiger partial charge >= 0.3 is 5.97 Å². The number of anilines is 1. The van der Waals surface area contributed by atoms with E-state index in [1.807, 2.05) is 0 Å². The third-order valence-electron chi connectivity index (χ3n) is 4.53. The normalized spacial score (nSPS) is 15.5. The van der Waals surface area contributed by atoms with E-state index in [1.54, 1.807) is 31.2 Å². The second-order valence-electron chi connectivity index (χ2n) is 6.86. The van der Waals surface area contributed by atoms with Crippen molar-refractivity contribution < 1.29 is 33.0 Å². The number of carbonyl (C=O) groups is 4. The van der Waals surface area contributed by atoms with Gasteiger partial charge in [-0.15, -0.1) is 0 Å². The summed E-state index contributed by atoms with van der Waals surface area (Å²) in [6.45, 7) is 2.86. The quantitative estimate of drug-likeness (QED) is 0.460. The summed E-state index contributed by atoms with van der Waals surface area (Å²) < 4.78 is 23.5. The highest BCUT2D eigenvalue weighted by molar-refractivity contribution is 8.18. The molecule has 1 fully saturated rings. The molecule has 0 aromatic heterocycles. The first kappa shape index (κ1) is 24.0. The number of amides is 3. The van der Waals surface area contributed by atoms with E-state index in [0.717, 1.165) is 4.90 Å². The van der Waals surface area contributed by atoms with Crippen molar-refractivity contribution in [1.82, 2.24) is 4.90 Å². The van der Waals surface area contributed by atoms with Crippen LogP contribution < -0.4 is 10.1 Å². The minimum Gasteiger partial charge on any atom is -0.483 e. The lowest BCUT2D eigenvalue weighted by molar-refractivity contribution is -0.150. The number of ether oxygens (including phenoxy) is 2. The molecular formula is C23H21FN2O6S. The highest BCUT2D eigenvalue weighted by atomic mass is 32.2. The molecule has 0 radical (unpaired) electrons. The van der Waals surface area contributed by atoms with Crippen molar-refractivity contribution in [3.63, 3.8) is 0 Å². The predicted molar refractivity (Wildman–Crippen MR) is 121 cm³/mol. The molecule has 33 heavy (non-hydrogen) atoms. The van der Waals surface area contributed by atoms with Gasteiger partial charge in [0.2, 0.25) is 0 Å². The first-order chi connectivity index (χ1) is 15.8. The van der Waals surface area contributed by atoms with Crippen LogP contribution in [0.3, 0.4) is 0 Å². The Labute approximate surface area is 193 Å². The summed E-state index contributed by atoms with van der Waals surface area (Å²) in [5, 5.41) is 2.00. The van der Waals surface area contributed by atoms with E-state index >= 15 is 0 Å². The topological polar surface area (TPSA) is 102 Å². The number of nitrogens with zero attached hydrogens (tertiary/aromatic N) is 1. The van der Waals surface area contributed by atoms with Crippen LogP contribution in [-0.4, -0.2) is 47.2 Å². The van der Waals surface area contributed by atoms with E-state index in [4.69, 9.17) is 9.47 Å². The number of benzene rings is 2. The molecule has 0 spiro atoms. The van der Waals surface area contributed by atoms with Crippen LogP contribution in [0.15, 0.2) is 53.4 Å². The second kappa shape index (κ2) is 10.8. The number of carbonyl (C=O) groups excluding carboxylic acids is 4. The van der Waals surface area contributed by atoms with Gasteiger partial charge in [-0.05, 0) is 62.0 Å². The fourth-order valence-corrected chi connectivity index (χ4v) is 3.83. The van der Waals surface area contributed by atoms with Crippen molar-refractivity contribution in [1.29, 1.82) is 0 Å². The summed E-state index contributed by atoms with van der Waals surface area (Å²) in [4.78, 5) is 50.2. The van der Waals surface area contributed by atoms with Gasteiger partial charge in [0.25, 0.3) is 17.1 Å². The number of imide groups is 1. The largest absolute Gasteiger partial charge is 0.483 e. The molecule has 1 heterocycles. The highest BCUT2D eigenvalue weighted by Crippen LogP contribution is 2.35.